The fourth-order valence-electron chi connectivity index (χ4n) is 1.85. The Morgan fingerprint density at radius 3 is 2.00 bits per heavy atom. The second-order valence-electron chi connectivity index (χ2n) is 3.78. The van der Waals surface area contributed by atoms with Crippen LogP contribution >= 0.6 is 0 Å². The fraction of sp³-hybridized carbons (Fsp3) is 0.455. The zero-order valence-electron chi connectivity index (χ0n) is 7.12. The molecule has 0 atom stereocenters. The van der Waals surface area contributed by atoms with E-state index in [1.807, 2.05) is 0 Å². The van der Waals surface area contributed by atoms with Gasteiger partial charge in [0.2, 0.25) is 0 Å². The van der Waals surface area contributed by atoms with Crippen molar-refractivity contribution in [2.24, 2.45) is 17.3 Å². The van der Waals surface area contributed by atoms with Gasteiger partial charge in [0.25, 0.3) is 0 Å². The molecule has 0 spiro atoms. The van der Waals surface area contributed by atoms with Crippen LogP contribution in [0.2, 0.25) is 0 Å². The molecule has 0 saturated heterocycles. The van der Waals surface area contributed by atoms with Gasteiger partial charge in [0, 0.05) is 11.3 Å². The molecule has 0 nitrogen and oxygen atoms in total. The summed E-state index contributed by atoms with van der Waals surface area (Å²) in [4.78, 5) is 0. The average molecular weight is 146 g/mol. The van der Waals surface area contributed by atoms with Crippen molar-refractivity contribution in [2.45, 2.75) is 13.8 Å². The van der Waals surface area contributed by atoms with Crippen molar-refractivity contribution in [3.8, 4) is 0 Å². The van der Waals surface area contributed by atoms with Crippen molar-refractivity contribution < 1.29 is 0 Å². The topological polar surface area (TPSA) is 0 Å². The lowest BCUT2D eigenvalue weighted by Gasteiger charge is -2.24. The van der Waals surface area contributed by atoms with Crippen molar-refractivity contribution >= 4 is 0 Å². The van der Waals surface area contributed by atoms with E-state index in [2.05, 4.69) is 50.3 Å². The fourth-order valence-corrected chi connectivity index (χ4v) is 1.85. The molecule has 0 aromatic rings. The van der Waals surface area contributed by atoms with Gasteiger partial charge in [0.1, 0.15) is 0 Å². The van der Waals surface area contributed by atoms with E-state index in [0.29, 0.717) is 11.3 Å². The number of hydrogen-bond acceptors (Lipinski definition) is 0. The van der Waals surface area contributed by atoms with Crippen molar-refractivity contribution in [1.29, 1.82) is 0 Å². The smallest absolute Gasteiger partial charge is 0.0182 e. The van der Waals surface area contributed by atoms with Gasteiger partial charge in [0.15, 0.2) is 0 Å². The molecule has 0 fully saturated rings. The minimum Gasteiger partial charge on any atom is -0.0765 e. The molecule has 0 heterocycles. The molecule has 2 aliphatic rings. The van der Waals surface area contributed by atoms with Crippen LogP contribution in [0.15, 0.2) is 36.5 Å². The maximum atomic E-state index is 2.34. The monoisotopic (exact) mass is 146 g/mol. The highest BCUT2D eigenvalue weighted by molar-refractivity contribution is 5.37. The normalized spacial score (nSPS) is 25.4. The molecular formula is C11H14. The number of rotatable bonds is 2. The van der Waals surface area contributed by atoms with Crippen LogP contribution in [0.5, 0.6) is 0 Å². The SMILES string of the molecule is CC(C)C1(C2C=CC=C2)C=C1. The largest absolute Gasteiger partial charge is 0.0765 e. The molecule has 0 aromatic carbocycles. The summed E-state index contributed by atoms with van der Waals surface area (Å²) < 4.78 is 0. The molecule has 0 bridgehead atoms. The lowest BCUT2D eigenvalue weighted by Crippen LogP contribution is -2.19. The zero-order valence-corrected chi connectivity index (χ0v) is 7.12. The first-order chi connectivity index (χ1) is 5.26. The molecule has 2 rings (SSSR count). The molecule has 0 aromatic heterocycles. The van der Waals surface area contributed by atoms with Gasteiger partial charge in [0.05, 0.1) is 0 Å². The van der Waals surface area contributed by atoms with Gasteiger partial charge in [-0.15, -0.1) is 0 Å². The van der Waals surface area contributed by atoms with Crippen molar-refractivity contribution in [1.82, 2.24) is 0 Å². The van der Waals surface area contributed by atoms with Gasteiger partial charge in [-0.1, -0.05) is 50.3 Å². The molecule has 0 radical (unpaired) electrons. The number of allylic oxidation sites excluding steroid dienone is 6. The van der Waals surface area contributed by atoms with Crippen molar-refractivity contribution in [3.63, 3.8) is 0 Å². The first-order valence-corrected chi connectivity index (χ1v) is 4.31. The molecule has 0 saturated carbocycles. The van der Waals surface area contributed by atoms with Crippen LogP contribution in [0.3, 0.4) is 0 Å². The Bertz CT molecular complexity index is 223. The van der Waals surface area contributed by atoms with Crippen LogP contribution < -0.4 is 0 Å². The van der Waals surface area contributed by atoms with Crippen molar-refractivity contribution in [2.75, 3.05) is 0 Å². The van der Waals surface area contributed by atoms with E-state index >= 15 is 0 Å². The Hall–Kier alpha value is -0.780. The Morgan fingerprint density at radius 1 is 1.09 bits per heavy atom. The summed E-state index contributed by atoms with van der Waals surface area (Å²) in [5.74, 6) is 1.38. The molecule has 0 aliphatic heterocycles. The van der Waals surface area contributed by atoms with E-state index in [9.17, 15) is 0 Å². The van der Waals surface area contributed by atoms with Crippen LogP contribution in [0.25, 0.3) is 0 Å². The summed E-state index contributed by atoms with van der Waals surface area (Å²) in [6, 6.07) is 0. The molecule has 0 unspecified atom stereocenters. The summed E-state index contributed by atoms with van der Waals surface area (Å²) in [5.41, 5.74) is 0.406. The summed E-state index contributed by atoms with van der Waals surface area (Å²) in [5, 5.41) is 0. The van der Waals surface area contributed by atoms with Crippen LogP contribution in [0.1, 0.15) is 13.8 Å². The third-order valence-electron chi connectivity index (χ3n) is 2.88. The quantitative estimate of drug-likeness (QED) is 0.525. The van der Waals surface area contributed by atoms with Gasteiger partial charge in [-0.2, -0.15) is 0 Å². The molecule has 11 heavy (non-hydrogen) atoms. The van der Waals surface area contributed by atoms with E-state index in [-0.39, 0.29) is 0 Å². The lowest BCUT2D eigenvalue weighted by molar-refractivity contribution is 0.351. The van der Waals surface area contributed by atoms with Crippen LogP contribution in [-0.2, 0) is 0 Å². The third-order valence-corrected chi connectivity index (χ3v) is 2.88. The van der Waals surface area contributed by atoms with Gasteiger partial charge in [-0.25, -0.2) is 0 Å². The van der Waals surface area contributed by atoms with E-state index in [0.717, 1.165) is 5.92 Å². The predicted molar refractivity (Wildman–Crippen MR) is 48.2 cm³/mol. The highest BCUT2D eigenvalue weighted by Crippen LogP contribution is 2.50. The Morgan fingerprint density at radius 2 is 1.64 bits per heavy atom. The Balaban J connectivity index is 2.15. The summed E-state index contributed by atoms with van der Waals surface area (Å²) >= 11 is 0. The molecule has 58 valence electrons. The Kier molecular flexibility index (Phi) is 1.32. The first kappa shape index (κ1) is 6.90. The molecule has 2 aliphatic carbocycles. The van der Waals surface area contributed by atoms with E-state index in [4.69, 9.17) is 0 Å². The van der Waals surface area contributed by atoms with E-state index in [1.54, 1.807) is 0 Å². The first-order valence-electron chi connectivity index (χ1n) is 4.31. The summed E-state index contributed by atoms with van der Waals surface area (Å²) in [6.45, 7) is 4.58. The second kappa shape index (κ2) is 2.10. The summed E-state index contributed by atoms with van der Waals surface area (Å²) in [7, 11) is 0. The molecule has 0 heteroatoms. The van der Waals surface area contributed by atoms with Gasteiger partial charge >= 0.3 is 0 Å². The molecule has 0 amide bonds. The standard InChI is InChI=1S/C11H14/c1-9(2)11(7-8-11)10-5-3-4-6-10/h3-10H,1-2H3. The maximum absolute atomic E-state index is 2.34. The molecular weight excluding hydrogens is 132 g/mol. The van der Waals surface area contributed by atoms with Gasteiger partial charge < -0.3 is 0 Å². The van der Waals surface area contributed by atoms with Crippen LogP contribution in [0, 0.1) is 17.3 Å². The van der Waals surface area contributed by atoms with E-state index in [1.165, 1.54) is 0 Å². The average Bonchev–Trinajstić information content (AvgIpc) is 2.61. The van der Waals surface area contributed by atoms with Crippen molar-refractivity contribution in [3.05, 3.63) is 36.5 Å². The highest BCUT2D eigenvalue weighted by Gasteiger charge is 2.42. The maximum Gasteiger partial charge on any atom is 0.0182 e. The highest BCUT2D eigenvalue weighted by atomic mass is 14.5. The minimum atomic E-state index is 0.406. The van der Waals surface area contributed by atoms with Crippen LogP contribution in [-0.4, -0.2) is 0 Å². The number of hydrogen-bond donors (Lipinski definition) is 0. The minimum absolute atomic E-state index is 0.406. The Labute approximate surface area is 68.3 Å². The van der Waals surface area contributed by atoms with Gasteiger partial charge in [-0.05, 0) is 5.92 Å². The predicted octanol–water partition coefficient (Wildman–Crippen LogP) is 2.94. The zero-order chi connectivity index (χ0) is 7.90. The van der Waals surface area contributed by atoms with Gasteiger partial charge in [-0.3, -0.25) is 0 Å². The van der Waals surface area contributed by atoms with E-state index < -0.39 is 0 Å². The lowest BCUT2D eigenvalue weighted by atomic mass is 9.79. The summed E-state index contributed by atoms with van der Waals surface area (Å²) in [6.07, 6.45) is 13.5. The van der Waals surface area contributed by atoms with Crippen LogP contribution in [0.4, 0.5) is 0 Å². The molecule has 0 N–H and O–H groups in total. The third kappa shape index (κ3) is 0.891. The second-order valence-corrected chi connectivity index (χ2v) is 3.78.